The first kappa shape index (κ1) is 34.5. The van der Waals surface area contributed by atoms with Crippen LogP contribution in [-0.2, 0) is 40.8 Å². The topological polar surface area (TPSA) is 77.2 Å². The van der Waals surface area contributed by atoms with E-state index in [1.54, 1.807) is 0 Å². The molecule has 10 unspecified atom stereocenters. The Labute approximate surface area is 323 Å². The highest BCUT2D eigenvalue weighted by Gasteiger charge is 2.95. The van der Waals surface area contributed by atoms with Crippen LogP contribution in [0.4, 0.5) is 0 Å². The molecule has 7 aliphatic carbocycles. The lowest BCUT2D eigenvalue weighted by atomic mass is 9.38. The van der Waals surface area contributed by atoms with Crippen LogP contribution in [0.5, 0.6) is 11.5 Å². The summed E-state index contributed by atoms with van der Waals surface area (Å²) in [5.74, 6) is 1.61. The van der Waals surface area contributed by atoms with E-state index in [0.29, 0.717) is 11.8 Å². The second-order valence-corrected chi connectivity index (χ2v) is 20.5. The molecule has 7 fully saturated rings. The zero-order chi connectivity index (χ0) is 37.1. The molecule has 6 saturated carbocycles. The Balaban J connectivity index is 0.910. The lowest BCUT2D eigenvalue weighted by Gasteiger charge is -2.69. The standard InChI is InChI=1S/C46H55NO6S/c1-40(2,3)41(4,53-54(49)52-32-20-22-42(23-21-32,30-12-8-6-9-13-30)31-14-10-7-11-15-31)35-26-43-24-25-46(35,50-5)39-44(43)28-45(38(43)47(45)27-29-16-17-29)33-18-19-34(48)37(51-39)36(33)44/h6-15,18-19,29,32,35,38-39,48H,16-17,20-28H2,1-5H3. The minimum absolute atomic E-state index is 0.0156. The first-order valence-electron chi connectivity index (χ1n) is 20.7. The summed E-state index contributed by atoms with van der Waals surface area (Å²) in [5, 5.41) is 11.3. The Morgan fingerprint density at radius 2 is 1.56 bits per heavy atom. The molecule has 9 aliphatic rings. The molecule has 10 atom stereocenters. The third-order valence-electron chi connectivity index (χ3n) is 17.0. The average Bonchev–Trinajstić information content (AvgIpc) is 4.01. The fourth-order valence-electron chi connectivity index (χ4n) is 14.1. The number of piperidine rings is 1. The minimum atomic E-state index is -1.98. The summed E-state index contributed by atoms with van der Waals surface area (Å²) in [5.41, 5.74) is 3.03. The predicted octanol–water partition coefficient (Wildman–Crippen LogP) is 8.63. The van der Waals surface area contributed by atoms with Crippen LogP contribution in [-0.4, -0.2) is 57.3 Å². The van der Waals surface area contributed by atoms with Gasteiger partial charge in [-0.3, -0.25) is 13.3 Å². The van der Waals surface area contributed by atoms with Gasteiger partial charge in [0.15, 0.2) is 11.5 Å². The van der Waals surface area contributed by atoms with E-state index >= 15 is 0 Å². The van der Waals surface area contributed by atoms with Crippen molar-refractivity contribution in [1.82, 2.24) is 4.90 Å². The first-order chi connectivity index (χ1) is 25.9. The van der Waals surface area contributed by atoms with Crippen molar-refractivity contribution in [2.75, 3.05) is 13.7 Å². The van der Waals surface area contributed by atoms with Gasteiger partial charge in [-0.05, 0) is 105 Å². The van der Waals surface area contributed by atoms with E-state index in [0.717, 1.165) is 63.8 Å². The van der Waals surface area contributed by atoms with Crippen molar-refractivity contribution in [2.24, 2.45) is 22.7 Å². The van der Waals surface area contributed by atoms with E-state index in [9.17, 15) is 9.32 Å². The first-order valence-corrected chi connectivity index (χ1v) is 21.7. The van der Waals surface area contributed by atoms with Gasteiger partial charge >= 0.3 is 11.4 Å². The van der Waals surface area contributed by atoms with Crippen LogP contribution >= 0.6 is 0 Å². The van der Waals surface area contributed by atoms with E-state index < -0.39 is 28.0 Å². The number of phenolic OH excluding ortho intramolecular Hbond substituents is 1. The van der Waals surface area contributed by atoms with Crippen molar-refractivity contribution < 1.29 is 27.2 Å². The number of likely N-dealkylation sites (tertiary alicyclic amines) is 1. The van der Waals surface area contributed by atoms with Crippen LogP contribution in [0.15, 0.2) is 72.8 Å². The van der Waals surface area contributed by atoms with E-state index in [2.05, 4.69) is 99.3 Å². The van der Waals surface area contributed by atoms with Gasteiger partial charge in [-0.2, -0.15) is 4.21 Å². The lowest BCUT2D eigenvalue weighted by molar-refractivity contribution is -0.284. The number of ether oxygens (including phenoxy) is 2. The molecule has 54 heavy (non-hydrogen) atoms. The fourth-order valence-corrected chi connectivity index (χ4v) is 15.2. The van der Waals surface area contributed by atoms with Gasteiger partial charge in [-0.1, -0.05) is 87.5 Å². The van der Waals surface area contributed by atoms with Crippen molar-refractivity contribution in [2.45, 2.75) is 138 Å². The summed E-state index contributed by atoms with van der Waals surface area (Å²) in [6.45, 7) is 9.97. The third kappa shape index (κ3) is 4.00. The third-order valence-corrected chi connectivity index (χ3v) is 18.0. The van der Waals surface area contributed by atoms with Gasteiger partial charge in [-0.15, -0.1) is 0 Å². The molecule has 7 nitrogen and oxygen atoms in total. The van der Waals surface area contributed by atoms with Gasteiger partial charge < -0.3 is 14.6 Å². The molecule has 286 valence electrons. The van der Waals surface area contributed by atoms with Gasteiger partial charge in [-0.25, -0.2) is 0 Å². The highest BCUT2D eigenvalue weighted by molar-refractivity contribution is 7.75. The summed E-state index contributed by atoms with van der Waals surface area (Å²) >= 11 is -1.98. The molecule has 0 radical (unpaired) electrons. The molecule has 12 rings (SSSR count). The number of fused-ring (bicyclic) bond motifs is 2. The minimum Gasteiger partial charge on any atom is -0.504 e. The van der Waals surface area contributed by atoms with E-state index in [4.69, 9.17) is 17.8 Å². The van der Waals surface area contributed by atoms with Crippen molar-refractivity contribution in [3.63, 3.8) is 0 Å². The van der Waals surface area contributed by atoms with Gasteiger partial charge in [0.2, 0.25) is 0 Å². The number of hydrogen-bond acceptors (Lipinski definition) is 7. The number of hydrogen-bond donors (Lipinski definition) is 1. The summed E-state index contributed by atoms with van der Waals surface area (Å²) in [6.07, 6.45) is 9.51. The molecule has 1 N–H and O–H groups in total. The Kier molecular flexibility index (Phi) is 7.03. The molecule has 3 aromatic rings. The van der Waals surface area contributed by atoms with Crippen LogP contribution in [0, 0.1) is 22.7 Å². The van der Waals surface area contributed by atoms with Crippen molar-refractivity contribution in [3.8, 4) is 11.5 Å². The van der Waals surface area contributed by atoms with E-state index in [1.165, 1.54) is 35.1 Å². The van der Waals surface area contributed by atoms with Gasteiger partial charge in [0.1, 0.15) is 11.7 Å². The summed E-state index contributed by atoms with van der Waals surface area (Å²) in [6, 6.07) is 26.2. The Morgan fingerprint density at radius 1 is 0.889 bits per heavy atom. The van der Waals surface area contributed by atoms with Crippen molar-refractivity contribution >= 4 is 11.4 Å². The molecule has 3 spiro atoms. The normalized spacial score (nSPS) is 39.4. The zero-order valence-corrected chi connectivity index (χ0v) is 33.3. The summed E-state index contributed by atoms with van der Waals surface area (Å²) in [4.78, 5) is 2.85. The maximum atomic E-state index is 14.4. The fraction of sp³-hybridized carbons (Fsp3) is 0.609. The number of benzene rings is 3. The molecular formula is C46H55NO6S. The van der Waals surface area contributed by atoms with Crippen LogP contribution in [0.3, 0.4) is 0 Å². The Morgan fingerprint density at radius 3 is 2.17 bits per heavy atom. The number of methoxy groups -OCH3 is 1. The molecule has 4 bridgehead atoms. The SMILES string of the molecule is COC12CCC3(CC1C(C)(OS(=O)OC1CCC(c4ccccc4)(c4ccccc4)CC1)C(C)(C)C)C1N(CC4CC4)C14CC31c3c4ccc(O)c3OC21. The number of aromatic hydroxyl groups is 1. The second-order valence-electron chi connectivity index (χ2n) is 19.7. The maximum absolute atomic E-state index is 14.4. The molecule has 1 saturated heterocycles. The molecule has 3 aromatic carbocycles. The monoisotopic (exact) mass is 749 g/mol. The molecule has 8 heteroatoms. The van der Waals surface area contributed by atoms with E-state index in [-0.39, 0.29) is 45.7 Å². The largest absolute Gasteiger partial charge is 0.504 e. The van der Waals surface area contributed by atoms with Crippen molar-refractivity contribution in [1.29, 1.82) is 0 Å². The van der Waals surface area contributed by atoms with Gasteiger partial charge in [0.05, 0.1) is 17.2 Å². The van der Waals surface area contributed by atoms with Gasteiger partial charge in [0, 0.05) is 47.4 Å². The highest BCUT2D eigenvalue weighted by Crippen LogP contribution is 2.90. The molecular weight excluding hydrogens is 695 g/mol. The molecule has 2 aliphatic heterocycles. The average molecular weight is 750 g/mol. The van der Waals surface area contributed by atoms with Crippen LogP contribution in [0.1, 0.15) is 114 Å². The Bertz CT molecular complexity index is 2000. The predicted molar refractivity (Wildman–Crippen MR) is 207 cm³/mol. The Hall–Kier alpha value is -2.75. The quantitative estimate of drug-likeness (QED) is 0.208. The van der Waals surface area contributed by atoms with Crippen LogP contribution in [0.25, 0.3) is 0 Å². The number of nitrogens with zero attached hydrogens (tertiary/aromatic N) is 1. The zero-order valence-electron chi connectivity index (χ0n) is 32.4. The lowest BCUT2D eigenvalue weighted by Crippen LogP contribution is -2.78. The number of rotatable bonds is 10. The summed E-state index contributed by atoms with van der Waals surface area (Å²) in [7, 11) is 1.85. The van der Waals surface area contributed by atoms with Crippen LogP contribution in [0.2, 0.25) is 0 Å². The van der Waals surface area contributed by atoms with Crippen LogP contribution < -0.4 is 4.74 Å². The van der Waals surface area contributed by atoms with Gasteiger partial charge in [0.25, 0.3) is 0 Å². The number of phenols is 1. The second kappa shape index (κ2) is 11.0. The maximum Gasteiger partial charge on any atom is 0.305 e. The smallest absolute Gasteiger partial charge is 0.305 e. The summed E-state index contributed by atoms with van der Waals surface area (Å²) < 4.78 is 41.8. The molecule has 2 heterocycles. The highest BCUT2D eigenvalue weighted by atomic mass is 32.2. The van der Waals surface area contributed by atoms with E-state index in [1.807, 2.05) is 13.2 Å². The molecule has 0 aromatic heterocycles. The van der Waals surface area contributed by atoms with Crippen molar-refractivity contribution in [3.05, 3.63) is 95.1 Å². The molecule has 0 amide bonds.